The van der Waals surface area contributed by atoms with Gasteiger partial charge in [-0.15, -0.1) is 11.3 Å². The van der Waals surface area contributed by atoms with E-state index in [1.807, 2.05) is 18.4 Å². The predicted molar refractivity (Wildman–Crippen MR) is 101 cm³/mol. The van der Waals surface area contributed by atoms with Crippen molar-refractivity contribution < 1.29 is 0 Å². The molecule has 1 atom stereocenters. The van der Waals surface area contributed by atoms with Crippen LogP contribution in [0.2, 0.25) is 0 Å². The Labute approximate surface area is 148 Å². The molecule has 1 unspecified atom stereocenters. The molecule has 4 aliphatic heterocycles. The molecule has 0 aliphatic carbocycles. The molecule has 0 spiro atoms. The van der Waals surface area contributed by atoms with Gasteiger partial charge in [0.2, 0.25) is 0 Å². The third-order valence-corrected chi connectivity index (χ3v) is 6.43. The van der Waals surface area contributed by atoms with E-state index in [9.17, 15) is 0 Å². The average Bonchev–Trinajstić information content (AvgIpc) is 3.18. The van der Waals surface area contributed by atoms with E-state index in [0.717, 1.165) is 38.7 Å². The highest BCUT2D eigenvalue weighted by Crippen LogP contribution is 2.22. The minimum absolute atomic E-state index is 0.636. The zero-order valence-electron chi connectivity index (χ0n) is 14.5. The van der Waals surface area contributed by atoms with Crippen molar-refractivity contribution in [3.63, 3.8) is 0 Å². The molecule has 132 valence electrons. The Morgan fingerprint density at radius 1 is 1.17 bits per heavy atom. The summed E-state index contributed by atoms with van der Waals surface area (Å²) in [5.74, 6) is 1.07. The molecule has 4 fully saturated rings. The van der Waals surface area contributed by atoms with Gasteiger partial charge in [-0.1, -0.05) is 0 Å². The van der Waals surface area contributed by atoms with Crippen LogP contribution < -0.4 is 10.2 Å². The Balaban J connectivity index is 1.27. The second kappa shape index (κ2) is 7.29. The van der Waals surface area contributed by atoms with E-state index in [2.05, 4.69) is 47.4 Å². The number of anilines is 1. The Kier molecular flexibility index (Phi) is 4.91. The van der Waals surface area contributed by atoms with Gasteiger partial charge in [-0.05, 0) is 17.5 Å². The van der Waals surface area contributed by atoms with Crippen molar-refractivity contribution in [2.75, 3.05) is 77.4 Å². The first-order valence-corrected chi connectivity index (χ1v) is 9.92. The van der Waals surface area contributed by atoms with Gasteiger partial charge in [0.1, 0.15) is 0 Å². The van der Waals surface area contributed by atoms with Gasteiger partial charge < -0.3 is 15.1 Å². The third-order valence-electron chi connectivity index (χ3n) is 5.50. The molecule has 0 amide bonds. The number of thiophene rings is 1. The normalized spacial score (nSPS) is 30.7. The predicted octanol–water partition coefficient (Wildman–Crippen LogP) is 0.445. The number of aliphatic imine (C=N–C) groups is 1. The summed E-state index contributed by atoms with van der Waals surface area (Å²) in [4.78, 5) is 14.6. The van der Waals surface area contributed by atoms with Crippen molar-refractivity contribution in [1.29, 1.82) is 0 Å². The SMILES string of the molecule is CN=C(NCC1CN2CCN1CC2)N1CCN(c2cccs2)CC1. The Morgan fingerprint density at radius 2 is 1.96 bits per heavy atom. The third kappa shape index (κ3) is 3.38. The monoisotopic (exact) mass is 348 g/mol. The van der Waals surface area contributed by atoms with Gasteiger partial charge in [-0.3, -0.25) is 14.8 Å². The van der Waals surface area contributed by atoms with Crippen LogP contribution in [0.5, 0.6) is 0 Å². The lowest BCUT2D eigenvalue weighted by Crippen LogP contribution is -2.64. The number of nitrogens with zero attached hydrogens (tertiary/aromatic N) is 5. The van der Waals surface area contributed by atoms with E-state index in [1.165, 1.54) is 37.7 Å². The number of piperazine rings is 4. The van der Waals surface area contributed by atoms with Gasteiger partial charge >= 0.3 is 0 Å². The van der Waals surface area contributed by atoms with Crippen molar-refractivity contribution >= 4 is 22.3 Å². The lowest BCUT2D eigenvalue weighted by Gasteiger charge is -2.47. The van der Waals surface area contributed by atoms with Gasteiger partial charge in [-0.2, -0.15) is 0 Å². The molecule has 2 bridgehead atoms. The highest BCUT2D eigenvalue weighted by Gasteiger charge is 2.32. The first kappa shape index (κ1) is 16.2. The summed E-state index contributed by atoms with van der Waals surface area (Å²) in [5.41, 5.74) is 0. The van der Waals surface area contributed by atoms with Crippen LogP contribution in [-0.2, 0) is 0 Å². The molecule has 0 radical (unpaired) electrons. The van der Waals surface area contributed by atoms with E-state index in [1.54, 1.807) is 0 Å². The number of rotatable bonds is 3. The topological polar surface area (TPSA) is 37.4 Å². The van der Waals surface area contributed by atoms with E-state index >= 15 is 0 Å². The highest BCUT2D eigenvalue weighted by atomic mass is 32.1. The second-order valence-corrected chi connectivity index (χ2v) is 7.77. The fraction of sp³-hybridized carbons (Fsp3) is 0.706. The van der Waals surface area contributed by atoms with Crippen molar-refractivity contribution in [3.8, 4) is 0 Å². The van der Waals surface area contributed by atoms with Crippen LogP contribution in [0, 0.1) is 0 Å². The number of hydrogen-bond donors (Lipinski definition) is 1. The molecule has 4 saturated heterocycles. The fourth-order valence-corrected chi connectivity index (χ4v) is 4.83. The highest BCUT2D eigenvalue weighted by molar-refractivity contribution is 7.14. The minimum Gasteiger partial charge on any atom is -0.360 e. The summed E-state index contributed by atoms with van der Waals surface area (Å²) < 4.78 is 0. The summed E-state index contributed by atoms with van der Waals surface area (Å²) >= 11 is 1.83. The molecular formula is C17H28N6S. The van der Waals surface area contributed by atoms with Gasteiger partial charge in [0, 0.05) is 78.5 Å². The molecule has 0 aromatic carbocycles. The molecule has 1 N–H and O–H groups in total. The standard InChI is InChI=1S/C17H28N6S/c1-18-17(19-13-15-14-20-4-6-21(15)7-5-20)23-10-8-22(9-11-23)16-3-2-12-24-16/h2-3,12,15H,4-11,13-14H2,1H3,(H,18,19). The zero-order chi connectivity index (χ0) is 16.4. The number of hydrogen-bond acceptors (Lipinski definition) is 5. The van der Waals surface area contributed by atoms with Crippen molar-refractivity contribution in [2.24, 2.45) is 4.99 Å². The molecule has 1 aromatic heterocycles. The molecule has 5 rings (SSSR count). The second-order valence-electron chi connectivity index (χ2n) is 6.84. The van der Waals surface area contributed by atoms with E-state index < -0.39 is 0 Å². The summed E-state index contributed by atoms with van der Waals surface area (Å²) in [6.45, 7) is 11.4. The van der Waals surface area contributed by atoms with Crippen LogP contribution in [0.25, 0.3) is 0 Å². The van der Waals surface area contributed by atoms with E-state index in [4.69, 9.17) is 0 Å². The largest absolute Gasteiger partial charge is 0.360 e. The first-order valence-electron chi connectivity index (χ1n) is 9.04. The molecule has 4 aliphatic rings. The van der Waals surface area contributed by atoms with Gasteiger partial charge in [-0.25, -0.2) is 0 Å². The smallest absolute Gasteiger partial charge is 0.193 e. The lowest BCUT2D eigenvalue weighted by atomic mass is 10.1. The first-order chi connectivity index (χ1) is 11.8. The Bertz CT molecular complexity index is 543. The van der Waals surface area contributed by atoms with Crippen LogP contribution in [-0.4, -0.2) is 99.2 Å². The van der Waals surface area contributed by atoms with Crippen molar-refractivity contribution in [3.05, 3.63) is 17.5 Å². The number of nitrogens with one attached hydrogen (secondary N) is 1. The molecule has 24 heavy (non-hydrogen) atoms. The maximum atomic E-state index is 4.53. The van der Waals surface area contributed by atoms with Crippen molar-refractivity contribution in [2.45, 2.75) is 6.04 Å². The molecule has 6 nitrogen and oxygen atoms in total. The van der Waals surface area contributed by atoms with Crippen LogP contribution in [0.4, 0.5) is 5.00 Å². The van der Waals surface area contributed by atoms with Crippen LogP contribution in [0.3, 0.4) is 0 Å². The molecular weight excluding hydrogens is 320 g/mol. The molecule has 5 heterocycles. The minimum atomic E-state index is 0.636. The van der Waals surface area contributed by atoms with Crippen LogP contribution in [0.15, 0.2) is 22.5 Å². The number of guanidine groups is 1. The van der Waals surface area contributed by atoms with Crippen LogP contribution >= 0.6 is 11.3 Å². The summed E-state index contributed by atoms with van der Waals surface area (Å²) in [7, 11) is 1.91. The summed E-state index contributed by atoms with van der Waals surface area (Å²) in [6.07, 6.45) is 0. The van der Waals surface area contributed by atoms with Gasteiger partial charge in [0.05, 0.1) is 5.00 Å². The van der Waals surface area contributed by atoms with Gasteiger partial charge in [0.25, 0.3) is 0 Å². The Morgan fingerprint density at radius 3 is 2.54 bits per heavy atom. The van der Waals surface area contributed by atoms with Crippen LogP contribution in [0.1, 0.15) is 0 Å². The quantitative estimate of drug-likeness (QED) is 0.634. The maximum Gasteiger partial charge on any atom is 0.193 e. The van der Waals surface area contributed by atoms with E-state index in [-0.39, 0.29) is 0 Å². The summed E-state index contributed by atoms with van der Waals surface area (Å²) in [5, 5.41) is 7.18. The van der Waals surface area contributed by atoms with E-state index in [0.29, 0.717) is 6.04 Å². The average molecular weight is 349 g/mol. The molecule has 0 saturated carbocycles. The number of fused-ring (bicyclic) bond motifs is 3. The molecule has 1 aromatic rings. The summed E-state index contributed by atoms with van der Waals surface area (Å²) in [6, 6.07) is 4.99. The zero-order valence-corrected chi connectivity index (χ0v) is 15.3. The Hall–Kier alpha value is -1.31. The lowest BCUT2D eigenvalue weighted by molar-refractivity contribution is 0.0152. The van der Waals surface area contributed by atoms with Gasteiger partial charge in [0.15, 0.2) is 5.96 Å². The maximum absolute atomic E-state index is 4.53. The molecule has 7 heteroatoms. The van der Waals surface area contributed by atoms with Crippen molar-refractivity contribution in [1.82, 2.24) is 20.0 Å². The fourth-order valence-electron chi connectivity index (χ4n) is 4.05.